The Morgan fingerprint density at radius 2 is 1.67 bits per heavy atom. The minimum absolute atomic E-state index is 1.14. The second-order valence-corrected chi connectivity index (χ2v) is 1.46. The second-order valence-electron chi connectivity index (χ2n) is 1.46. The first-order valence-electron chi connectivity index (χ1n) is 2.47. The van der Waals surface area contributed by atoms with Gasteiger partial charge in [-0.25, -0.2) is 0 Å². The van der Waals surface area contributed by atoms with E-state index in [1.807, 2.05) is 0 Å². The van der Waals surface area contributed by atoms with Gasteiger partial charge >= 0.3 is 39.6 Å². The summed E-state index contributed by atoms with van der Waals surface area (Å²) in [7, 11) is 3.79. The average molecular weight is 82.0 g/mol. The molecule has 0 spiro atoms. The normalized spacial score (nSPS) is 8.17. The van der Waals surface area contributed by atoms with Crippen LogP contribution < -0.4 is 0 Å². The van der Waals surface area contributed by atoms with Crippen molar-refractivity contribution in [2.45, 2.75) is 26.7 Å². The first-order valence-corrected chi connectivity index (χ1v) is 2.47. The first-order chi connectivity index (χ1) is 2.81. The summed E-state index contributed by atoms with van der Waals surface area (Å²) in [4.78, 5) is 0. The quantitative estimate of drug-likeness (QED) is 0.434. The topological polar surface area (TPSA) is 0 Å². The minimum atomic E-state index is 1.14. The van der Waals surface area contributed by atoms with Crippen molar-refractivity contribution < 1.29 is 0 Å². The molecule has 0 rings (SSSR count). The number of rotatable bonds is 2. The van der Waals surface area contributed by atoms with E-state index < -0.39 is 0 Å². The van der Waals surface area contributed by atoms with Gasteiger partial charge in [-0.15, -0.1) is 0 Å². The van der Waals surface area contributed by atoms with E-state index >= 15 is 0 Å². The third kappa shape index (κ3) is 2.19. The van der Waals surface area contributed by atoms with Gasteiger partial charge in [-0.2, -0.15) is 0 Å². The maximum absolute atomic E-state index is 3.79. The van der Waals surface area contributed by atoms with Crippen LogP contribution in [-0.4, -0.2) is 13.0 Å². The van der Waals surface area contributed by atoms with E-state index in [1.54, 1.807) is 0 Å². The summed E-state index contributed by atoms with van der Waals surface area (Å²) in [5.74, 6) is 0. The SMILES string of the molecule is B=C(CC)CC. The van der Waals surface area contributed by atoms with Gasteiger partial charge in [0.25, 0.3) is 0 Å². The monoisotopic (exact) mass is 82.1 g/mol. The molecule has 0 atom stereocenters. The van der Waals surface area contributed by atoms with Crippen LogP contribution in [0.3, 0.4) is 0 Å². The van der Waals surface area contributed by atoms with Gasteiger partial charge in [0.15, 0.2) is 0 Å². The van der Waals surface area contributed by atoms with Gasteiger partial charge in [-0.3, -0.25) is 0 Å². The van der Waals surface area contributed by atoms with E-state index in [-0.39, 0.29) is 0 Å². The zero-order chi connectivity index (χ0) is 4.99. The molecule has 0 aromatic carbocycles. The van der Waals surface area contributed by atoms with Crippen molar-refractivity contribution in [3.8, 4) is 0 Å². The molecule has 0 saturated heterocycles. The molecule has 0 amide bonds. The summed E-state index contributed by atoms with van der Waals surface area (Å²) in [6, 6.07) is 0. The Bertz CT molecular complexity index is 41.9. The van der Waals surface area contributed by atoms with Crippen molar-refractivity contribution in [2.24, 2.45) is 0 Å². The molecule has 0 aromatic rings. The maximum atomic E-state index is 3.79. The van der Waals surface area contributed by atoms with Crippen molar-refractivity contribution >= 4 is 13.0 Å². The summed E-state index contributed by atoms with van der Waals surface area (Å²) >= 11 is 0. The van der Waals surface area contributed by atoms with Gasteiger partial charge in [0.1, 0.15) is 0 Å². The van der Waals surface area contributed by atoms with Crippen LogP contribution in [-0.2, 0) is 0 Å². The predicted molar refractivity (Wildman–Crippen MR) is 32.7 cm³/mol. The summed E-state index contributed by atoms with van der Waals surface area (Å²) in [6.07, 6.45) is 2.27. The Labute approximate surface area is 40.6 Å². The van der Waals surface area contributed by atoms with Crippen LogP contribution in [0.4, 0.5) is 0 Å². The van der Waals surface area contributed by atoms with Crippen LogP contribution in [0.2, 0.25) is 0 Å². The first kappa shape index (κ1) is 5.93. The van der Waals surface area contributed by atoms with Crippen LogP contribution in [0.1, 0.15) is 26.7 Å². The number of hydrogen-bond acceptors (Lipinski definition) is 0. The van der Waals surface area contributed by atoms with E-state index in [9.17, 15) is 0 Å². The van der Waals surface area contributed by atoms with Gasteiger partial charge in [0.2, 0.25) is 0 Å². The van der Waals surface area contributed by atoms with Gasteiger partial charge < -0.3 is 0 Å². The van der Waals surface area contributed by atoms with Crippen LogP contribution in [0, 0.1) is 0 Å². The molecule has 0 heterocycles. The molecule has 34 valence electrons. The Morgan fingerprint density at radius 3 is 1.67 bits per heavy atom. The van der Waals surface area contributed by atoms with Gasteiger partial charge in [0.05, 0.1) is 0 Å². The molecule has 0 aromatic heterocycles. The molecule has 0 aliphatic carbocycles. The molecule has 0 nitrogen and oxygen atoms in total. The number of hydrogen-bond donors (Lipinski definition) is 0. The van der Waals surface area contributed by atoms with E-state index in [0.29, 0.717) is 0 Å². The molecule has 1 heteroatoms. The molecule has 0 fully saturated rings. The van der Waals surface area contributed by atoms with Crippen molar-refractivity contribution in [1.29, 1.82) is 0 Å². The Balaban J connectivity index is 2.99. The summed E-state index contributed by atoms with van der Waals surface area (Å²) in [6.45, 7) is 4.26. The summed E-state index contributed by atoms with van der Waals surface area (Å²) in [5, 5.41) is 0. The molecule has 0 unspecified atom stereocenters. The third-order valence-corrected chi connectivity index (χ3v) is 1.000. The Hall–Kier alpha value is -0.0651. The van der Waals surface area contributed by atoms with Gasteiger partial charge in [-0.1, -0.05) is 0 Å². The molecular weight excluding hydrogens is 70.9 g/mol. The van der Waals surface area contributed by atoms with Crippen molar-refractivity contribution in [3.05, 3.63) is 0 Å². The molecule has 0 aliphatic heterocycles. The second kappa shape index (κ2) is 3.14. The molecule has 0 N–H and O–H groups in total. The fourth-order valence-corrected chi connectivity index (χ4v) is 0.250. The molecule has 0 aliphatic rings. The molecule has 0 saturated carbocycles. The average Bonchev–Trinajstić information content (AvgIpc) is 1.65. The molecular formula is C5H11B. The third-order valence-electron chi connectivity index (χ3n) is 1.000. The van der Waals surface area contributed by atoms with E-state index in [0.717, 1.165) is 12.8 Å². The van der Waals surface area contributed by atoms with Crippen LogP contribution in [0.15, 0.2) is 0 Å². The zero-order valence-electron chi connectivity index (χ0n) is 4.62. The fraction of sp³-hybridized carbons (Fsp3) is 0.800. The van der Waals surface area contributed by atoms with Gasteiger partial charge in [-0.05, 0) is 0 Å². The predicted octanol–water partition coefficient (Wildman–Crippen LogP) is 0.880. The van der Waals surface area contributed by atoms with E-state index in [2.05, 4.69) is 21.3 Å². The Morgan fingerprint density at radius 1 is 1.33 bits per heavy atom. The standard InChI is InChI=1S/C5H11B/c1-3-5(6)4-2/h6H,3-4H2,1-2H3. The fourth-order valence-electron chi connectivity index (χ4n) is 0.250. The summed E-state index contributed by atoms with van der Waals surface area (Å²) < 4.78 is 0. The summed E-state index contributed by atoms with van der Waals surface area (Å²) in [5.41, 5.74) is 1.34. The van der Waals surface area contributed by atoms with Crippen molar-refractivity contribution in [2.75, 3.05) is 0 Å². The van der Waals surface area contributed by atoms with Gasteiger partial charge in [0, 0.05) is 0 Å². The van der Waals surface area contributed by atoms with Crippen molar-refractivity contribution in [3.63, 3.8) is 0 Å². The van der Waals surface area contributed by atoms with Crippen LogP contribution in [0.5, 0.6) is 0 Å². The molecule has 0 bridgehead atoms. The molecule has 0 radical (unpaired) electrons. The van der Waals surface area contributed by atoms with Crippen LogP contribution in [0.25, 0.3) is 0 Å². The van der Waals surface area contributed by atoms with E-state index in [4.69, 9.17) is 0 Å². The van der Waals surface area contributed by atoms with E-state index in [1.165, 1.54) is 5.46 Å². The zero-order valence-corrected chi connectivity index (χ0v) is 4.62. The Kier molecular flexibility index (Phi) is 3.10. The van der Waals surface area contributed by atoms with Crippen molar-refractivity contribution in [1.82, 2.24) is 0 Å². The molecule has 6 heavy (non-hydrogen) atoms. The van der Waals surface area contributed by atoms with Crippen LogP contribution >= 0.6 is 0 Å².